The number of nitrogens with zero attached hydrogens (tertiary/aromatic N) is 3. The van der Waals surface area contributed by atoms with E-state index in [0.29, 0.717) is 11.7 Å². The van der Waals surface area contributed by atoms with Crippen molar-refractivity contribution >= 4 is 28.5 Å². The van der Waals surface area contributed by atoms with E-state index in [4.69, 9.17) is 14.3 Å². The number of aromatic amines is 1. The molecule has 196 valence electrons. The largest absolute Gasteiger partial charge is 0.467 e. The number of methoxy groups -OCH3 is 1. The Morgan fingerprint density at radius 2 is 2.00 bits per heavy atom. The van der Waals surface area contributed by atoms with E-state index in [1.807, 2.05) is 26.0 Å². The van der Waals surface area contributed by atoms with Gasteiger partial charge in [-0.05, 0) is 54.7 Å². The molecule has 0 radical (unpaired) electrons. The third kappa shape index (κ3) is 5.39. The predicted octanol–water partition coefficient (Wildman–Crippen LogP) is 3.77. The van der Waals surface area contributed by atoms with Gasteiger partial charge in [-0.2, -0.15) is 5.10 Å². The van der Waals surface area contributed by atoms with Crippen molar-refractivity contribution in [2.45, 2.75) is 70.7 Å². The minimum atomic E-state index is -0.948. The predicted molar refractivity (Wildman–Crippen MR) is 137 cm³/mol. The molecule has 2 aromatic heterocycles. The summed E-state index contributed by atoms with van der Waals surface area (Å²) in [5.74, 6) is -0.0934. The van der Waals surface area contributed by atoms with Crippen LogP contribution in [0.25, 0.3) is 10.8 Å². The molecular weight excluding hydrogens is 474 g/mol. The third-order valence-corrected chi connectivity index (χ3v) is 6.94. The Balaban J connectivity index is 1.50. The lowest BCUT2D eigenvalue weighted by Gasteiger charge is -2.28. The highest BCUT2D eigenvalue weighted by Crippen LogP contribution is 2.31. The summed E-state index contributed by atoms with van der Waals surface area (Å²) in [6.45, 7) is 3.85. The van der Waals surface area contributed by atoms with Crippen LogP contribution in [0, 0.1) is 5.92 Å². The lowest BCUT2D eigenvalue weighted by Crippen LogP contribution is -2.49. The number of H-pyrrole nitrogens is 1. The molecule has 3 atom stereocenters. The first-order valence-corrected chi connectivity index (χ1v) is 12.9. The minimum absolute atomic E-state index is 0.109. The van der Waals surface area contributed by atoms with E-state index >= 15 is 0 Å². The van der Waals surface area contributed by atoms with Crippen LogP contribution in [0.2, 0.25) is 0 Å². The van der Waals surface area contributed by atoms with Crippen molar-refractivity contribution in [3.63, 3.8) is 0 Å². The summed E-state index contributed by atoms with van der Waals surface area (Å²) in [6, 6.07) is 8.53. The van der Waals surface area contributed by atoms with Crippen LogP contribution < -0.4 is 10.1 Å². The summed E-state index contributed by atoms with van der Waals surface area (Å²) in [5, 5.41) is 13.6. The number of nitrogens with one attached hydrogen (secondary N) is 2. The van der Waals surface area contributed by atoms with Crippen molar-refractivity contribution < 1.29 is 23.9 Å². The molecule has 10 nitrogen and oxygen atoms in total. The lowest BCUT2D eigenvalue weighted by molar-refractivity contribution is -0.219. The number of fused-ring (bicyclic) bond motifs is 5. The summed E-state index contributed by atoms with van der Waals surface area (Å²) in [6.07, 6.45) is 5.91. The van der Waals surface area contributed by atoms with Crippen LogP contribution in [-0.4, -0.2) is 57.6 Å². The maximum absolute atomic E-state index is 13.7. The van der Waals surface area contributed by atoms with Gasteiger partial charge in [-0.25, -0.2) is 19.7 Å². The molecule has 0 aliphatic carbocycles. The number of hydrogen-bond donors (Lipinski definition) is 2. The summed E-state index contributed by atoms with van der Waals surface area (Å²) >= 11 is 0. The second-order valence-electron chi connectivity index (χ2n) is 9.97. The lowest BCUT2D eigenvalue weighted by atomic mass is 10.0. The van der Waals surface area contributed by atoms with Crippen LogP contribution in [0.15, 0.2) is 36.5 Å². The monoisotopic (exact) mass is 507 g/mol. The molecule has 10 heteroatoms. The number of pyridine rings is 1. The molecule has 5 rings (SSSR count). The average molecular weight is 508 g/mol. The number of aromatic nitrogens is 3. The number of carbonyl (C=O) groups excluding carboxylic acids is 2. The van der Waals surface area contributed by atoms with Crippen molar-refractivity contribution in [2.24, 2.45) is 5.92 Å². The molecule has 2 aliphatic rings. The quantitative estimate of drug-likeness (QED) is 0.503. The van der Waals surface area contributed by atoms with Crippen LogP contribution in [0.4, 0.5) is 5.82 Å². The molecule has 0 spiro atoms. The first-order chi connectivity index (χ1) is 17.9. The van der Waals surface area contributed by atoms with Crippen molar-refractivity contribution in [1.82, 2.24) is 20.2 Å². The van der Waals surface area contributed by atoms with Gasteiger partial charge < -0.3 is 14.8 Å². The van der Waals surface area contributed by atoms with E-state index in [2.05, 4.69) is 38.7 Å². The molecule has 2 aliphatic heterocycles. The molecule has 37 heavy (non-hydrogen) atoms. The number of hydroxylamine groups is 2. The van der Waals surface area contributed by atoms with Gasteiger partial charge in [0.05, 0.1) is 7.11 Å². The second kappa shape index (κ2) is 10.8. The van der Waals surface area contributed by atoms with E-state index < -0.39 is 30.3 Å². The molecule has 6 bridgehead atoms. The summed E-state index contributed by atoms with van der Waals surface area (Å²) in [4.78, 5) is 36.7. The maximum atomic E-state index is 13.7. The average Bonchev–Trinajstić information content (AvgIpc) is 3.53. The van der Waals surface area contributed by atoms with Gasteiger partial charge in [-0.3, -0.25) is 9.89 Å². The number of amides is 1. The van der Waals surface area contributed by atoms with E-state index in [1.165, 1.54) is 12.7 Å². The van der Waals surface area contributed by atoms with Gasteiger partial charge in [0.15, 0.2) is 6.04 Å². The highest BCUT2D eigenvalue weighted by Gasteiger charge is 2.46. The standard InChI is InChI=1S/C27H33N5O5/c1-16(2)24-26(33)32-21(27(34)35-3)15-23(37-32)36-25-20-13-17(9-10-18(20)11-12-28-25)7-5-4-6-8-19-14-22(29-24)31-30-19/h9-14,16,21,23-24H,4-8,15H2,1-3H3,(H2,29,30,31)/t21-,23+,24-/m0/s1. The fraction of sp³-hybridized carbons (Fsp3) is 0.481. The third-order valence-electron chi connectivity index (χ3n) is 6.94. The Labute approximate surface area is 215 Å². The molecule has 0 unspecified atom stereocenters. The molecule has 1 fully saturated rings. The number of ether oxygens (including phenoxy) is 2. The SMILES string of the molecule is COC(=O)[C@@H]1C[C@@H]2Oc3nccc4ccc(cc34)CCCCCc3cc(n[nH]3)N[C@@H](C(C)C)C(=O)N1O2. The number of rotatable bonds is 2. The van der Waals surface area contributed by atoms with Crippen molar-refractivity contribution in [3.05, 3.63) is 47.8 Å². The second-order valence-corrected chi connectivity index (χ2v) is 9.97. The van der Waals surface area contributed by atoms with Crippen LogP contribution >= 0.6 is 0 Å². The maximum Gasteiger partial charge on any atom is 0.331 e. The number of hydrogen-bond acceptors (Lipinski definition) is 8. The molecule has 0 saturated carbocycles. The Bertz CT molecular complexity index is 1280. The number of esters is 1. The number of benzene rings is 1. The fourth-order valence-electron chi connectivity index (χ4n) is 4.88. The van der Waals surface area contributed by atoms with Crippen molar-refractivity contribution in [3.8, 4) is 5.88 Å². The van der Waals surface area contributed by atoms with Gasteiger partial charge in [0, 0.05) is 29.8 Å². The summed E-state index contributed by atoms with van der Waals surface area (Å²) < 4.78 is 11.1. The molecule has 3 aromatic rings. The highest BCUT2D eigenvalue weighted by molar-refractivity contribution is 5.89. The van der Waals surface area contributed by atoms with Gasteiger partial charge in [0.1, 0.15) is 11.9 Å². The molecule has 2 N–H and O–H groups in total. The molecule has 1 amide bonds. The Morgan fingerprint density at radius 3 is 2.81 bits per heavy atom. The Morgan fingerprint density at radius 1 is 1.16 bits per heavy atom. The van der Waals surface area contributed by atoms with Crippen LogP contribution in [0.3, 0.4) is 0 Å². The van der Waals surface area contributed by atoms with E-state index in [1.54, 1.807) is 6.20 Å². The van der Waals surface area contributed by atoms with Crippen LogP contribution in [0.1, 0.15) is 50.8 Å². The van der Waals surface area contributed by atoms with Crippen LogP contribution in [0.5, 0.6) is 5.88 Å². The molecule has 1 saturated heterocycles. The van der Waals surface area contributed by atoms with Gasteiger partial charge in [-0.1, -0.05) is 32.4 Å². The van der Waals surface area contributed by atoms with E-state index in [9.17, 15) is 9.59 Å². The normalized spacial score (nSPS) is 22.8. The number of carbonyl (C=O) groups is 2. The highest BCUT2D eigenvalue weighted by atomic mass is 16.8. The van der Waals surface area contributed by atoms with Gasteiger partial charge >= 0.3 is 5.97 Å². The van der Waals surface area contributed by atoms with E-state index in [0.717, 1.165) is 53.6 Å². The van der Waals surface area contributed by atoms with E-state index in [-0.39, 0.29) is 12.3 Å². The summed E-state index contributed by atoms with van der Waals surface area (Å²) in [5.41, 5.74) is 2.21. The Kier molecular flexibility index (Phi) is 7.27. The first-order valence-electron chi connectivity index (χ1n) is 12.9. The number of anilines is 1. The minimum Gasteiger partial charge on any atom is -0.467 e. The zero-order chi connectivity index (χ0) is 25.9. The van der Waals surface area contributed by atoms with Gasteiger partial charge in [0.2, 0.25) is 12.2 Å². The van der Waals surface area contributed by atoms with Crippen molar-refractivity contribution in [1.29, 1.82) is 0 Å². The van der Waals surface area contributed by atoms with Gasteiger partial charge in [-0.15, -0.1) is 0 Å². The summed E-state index contributed by atoms with van der Waals surface area (Å²) in [7, 11) is 1.29. The fourth-order valence-corrected chi connectivity index (χ4v) is 4.88. The Hall–Kier alpha value is -3.66. The topological polar surface area (TPSA) is 119 Å². The zero-order valence-corrected chi connectivity index (χ0v) is 21.4. The van der Waals surface area contributed by atoms with Gasteiger partial charge in [0.25, 0.3) is 5.91 Å². The molecule has 4 heterocycles. The van der Waals surface area contributed by atoms with Crippen LogP contribution in [-0.2, 0) is 32.0 Å². The van der Waals surface area contributed by atoms with Crippen molar-refractivity contribution in [2.75, 3.05) is 12.4 Å². The molecular formula is C27H33N5O5. The smallest absolute Gasteiger partial charge is 0.331 e. The zero-order valence-electron chi connectivity index (χ0n) is 21.4. The number of aryl methyl sites for hydroxylation is 2. The first kappa shape index (κ1) is 25.0. The molecule has 1 aromatic carbocycles.